The Bertz CT molecular complexity index is 769. The van der Waals surface area contributed by atoms with E-state index in [1.807, 2.05) is 0 Å². The highest BCUT2D eigenvalue weighted by molar-refractivity contribution is 6.00. The fourth-order valence-electron chi connectivity index (χ4n) is 2.80. The molecule has 2 heterocycles. The smallest absolute Gasteiger partial charge is 0.254 e. The van der Waals surface area contributed by atoms with Crippen LogP contribution in [0.4, 0.5) is 0 Å². The second-order valence-electron chi connectivity index (χ2n) is 6.00. The molecule has 2 aromatic rings. The molecule has 1 fully saturated rings. The molecule has 25 heavy (non-hydrogen) atoms. The zero-order valence-corrected chi connectivity index (χ0v) is 14.4. The van der Waals surface area contributed by atoms with Crippen molar-refractivity contribution in [2.45, 2.75) is 19.8 Å². The van der Waals surface area contributed by atoms with Crippen molar-refractivity contribution >= 4 is 23.1 Å². The SMILES string of the molecule is CCCCOc1cc(C=O)nc2ccc(C(=O)N3CCOCC3)cc12. The third kappa shape index (κ3) is 3.96. The van der Waals surface area contributed by atoms with Gasteiger partial charge in [-0.25, -0.2) is 4.98 Å². The molecular formula is C19H22N2O4. The summed E-state index contributed by atoms with van der Waals surface area (Å²) in [6.45, 7) is 4.97. The maximum absolute atomic E-state index is 12.7. The first-order valence-electron chi connectivity index (χ1n) is 8.62. The van der Waals surface area contributed by atoms with E-state index in [4.69, 9.17) is 9.47 Å². The summed E-state index contributed by atoms with van der Waals surface area (Å²) in [5.41, 5.74) is 1.57. The Morgan fingerprint density at radius 2 is 2.12 bits per heavy atom. The number of ether oxygens (including phenoxy) is 2. The van der Waals surface area contributed by atoms with Crippen LogP contribution in [-0.2, 0) is 4.74 Å². The van der Waals surface area contributed by atoms with Crippen molar-refractivity contribution in [3.05, 3.63) is 35.5 Å². The maximum Gasteiger partial charge on any atom is 0.254 e. The van der Waals surface area contributed by atoms with Gasteiger partial charge in [-0.2, -0.15) is 0 Å². The van der Waals surface area contributed by atoms with Crippen LogP contribution in [0.15, 0.2) is 24.3 Å². The molecule has 0 aliphatic carbocycles. The number of aldehydes is 1. The molecule has 0 unspecified atom stereocenters. The third-order valence-corrected chi connectivity index (χ3v) is 4.21. The van der Waals surface area contributed by atoms with Crippen molar-refractivity contribution in [1.29, 1.82) is 0 Å². The first-order chi connectivity index (χ1) is 12.2. The lowest BCUT2D eigenvalue weighted by Gasteiger charge is -2.27. The van der Waals surface area contributed by atoms with Crippen LogP contribution in [0, 0.1) is 0 Å². The largest absolute Gasteiger partial charge is 0.493 e. The van der Waals surface area contributed by atoms with E-state index in [0.717, 1.165) is 18.2 Å². The summed E-state index contributed by atoms with van der Waals surface area (Å²) in [6, 6.07) is 6.95. The zero-order chi connectivity index (χ0) is 17.6. The lowest BCUT2D eigenvalue weighted by Crippen LogP contribution is -2.40. The predicted octanol–water partition coefficient (Wildman–Crippen LogP) is 2.70. The van der Waals surface area contributed by atoms with Gasteiger partial charge < -0.3 is 14.4 Å². The number of hydrogen-bond acceptors (Lipinski definition) is 5. The van der Waals surface area contributed by atoms with E-state index in [1.165, 1.54) is 0 Å². The Labute approximate surface area is 146 Å². The normalized spacial score (nSPS) is 14.5. The van der Waals surface area contributed by atoms with Crippen LogP contribution in [0.5, 0.6) is 5.75 Å². The minimum absolute atomic E-state index is 0.0239. The van der Waals surface area contributed by atoms with Crippen LogP contribution in [0.3, 0.4) is 0 Å². The molecule has 1 aliphatic rings. The summed E-state index contributed by atoms with van der Waals surface area (Å²) in [5, 5.41) is 0.751. The third-order valence-electron chi connectivity index (χ3n) is 4.21. The Hall–Kier alpha value is -2.47. The number of morpholine rings is 1. The highest BCUT2D eigenvalue weighted by Crippen LogP contribution is 2.27. The second-order valence-corrected chi connectivity index (χ2v) is 6.00. The average molecular weight is 342 g/mol. The van der Waals surface area contributed by atoms with Gasteiger partial charge in [0.1, 0.15) is 11.4 Å². The Morgan fingerprint density at radius 1 is 1.32 bits per heavy atom. The molecule has 0 atom stereocenters. The highest BCUT2D eigenvalue weighted by Gasteiger charge is 2.19. The number of benzene rings is 1. The van der Waals surface area contributed by atoms with Crippen molar-refractivity contribution in [3.63, 3.8) is 0 Å². The average Bonchev–Trinajstić information content (AvgIpc) is 2.67. The van der Waals surface area contributed by atoms with Gasteiger partial charge in [0, 0.05) is 30.1 Å². The maximum atomic E-state index is 12.7. The summed E-state index contributed by atoms with van der Waals surface area (Å²) in [5.74, 6) is 0.571. The van der Waals surface area contributed by atoms with E-state index in [2.05, 4.69) is 11.9 Å². The number of nitrogens with zero attached hydrogens (tertiary/aromatic N) is 2. The molecular weight excluding hydrogens is 320 g/mol. The van der Waals surface area contributed by atoms with Gasteiger partial charge in [0.2, 0.25) is 0 Å². The number of aromatic nitrogens is 1. The number of carbonyl (C=O) groups excluding carboxylic acids is 2. The second kappa shape index (κ2) is 8.07. The quantitative estimate of drug-likeness (QED) is 0.596. The molecule has 3 rings (SSSR count). The molecule has 0 spiro atoms. The fraction of sp³-hybridized carbons (Fsp3) is 0.421. The molecule has 0 bridgehead atoms. The summed E-state index contributed by atoms with van der Waals surface area (Å²) < 4.78 is 11.1. The molecule has 6 heteroatoms. The molecule has 132 valence electrons. The van der Waals surface area contributed by atoms with Crippen LogP contribution in [0.25, 0.3) is 10.9 Å². The van der Waals surface area contributed by atoms with Gasteiger partial charge in [-0.1, -0.05) is 13.3 Å². The Morgan fingerprint density at radius 3 is 2.84 bits per heavy atom. The van der Waals surface area contributed by atoms with Crippen molar-refractivity contribution < 1.29 is 19.1 Å². The van der Waals surface area contributed by atoms with Crippen molar-refractivity contribution in [1.82, 2.24) is 9.88 Å². The topological polar surface area (TPSA) is 68.7 Å². The molecule has 1 aromatic carbocycles. The molecule has 0 radical (unpaired) electrons. The first kappa shape index (κ1) is 17.4. The number of rotatable bonds is 6. The van der Waals surface area contributed by atoms with Gasteiger partial charge >= 0.3 is 0 Å². The first-order valence-corrected chi connectivity index (χ1v) is 8.62. The van der Waals surface area contributed by atoms with Crippen LogP contribution in [0.2, 0.25) is 0 Å². The summed E-state index contributed by atoms with van der Waals surface area (Å²) in [7, 11) is 0. The Kier molecular flexibility index (Phi) is 5.60. The Balaban J connectivity index is 1.95. The monoisotopic (exact) mass is 342 g/mol. The van der Waals surface area contributed by atoms with Gasteiger partial charge in [-0.3, -0.25) is 9.59 Å². The molecule has 0 saturated carbocycles. The molecule has 1 saturated heterocycles. The molecule has 1 amide bonds. The standard InChI is InChI=1S/C19H22N2O4/c1-2-3-8-25-18-12-15(13-22)20-17-5-4-14(11-16(17)18)19(23)21-6-9-24-10-7-21/h4-5,11-13H,2-3,6-10H2,1H3. The van der Waals surface area contributed by atoms with Gasteiger partial charge in [0.15, 0.2) is 6.29 Å². The molecule has 1 aliphatic heterocycles. The van der Waals surface area contributed by atoms with Gasteiger partial charge in [0.25, 0.3) is 5.91 Å². The lowest BCUT2D eigenvalue weighted by molar-refractivity contribution is 0.0303. The highest BCUT2D eigenvalue weighted by atomic mass is 16.5. The summed E-state index contributed by atoms with van der Waals surface area (Å²) in [4.78, 5) is 29.9. The number of fused-ring (bicyclic) bond motifs is 1. The molecule has 1 aromatic heterocycles. The molecule has 0 N–H and O–H groups in total. The van der Waals surface area contributed by atoms with Gasteiger partial charge in [-0.05, 0) is 24.6 Å². The lowest BCUT2D eigenvalue weighted by atomic mass is 10.1. The summed E-state index contributed by atoms with van der Waals surface area (Å²) >= 11 is 0. The van der Waals surface area contributed by atoms with Crippen LogP contribution < -0.4 is 4.74 Å². The number of pyridine rings is 1. The van der Waals surface area contributed by atoms with Crippen LogP contribution >= 0.6 is 0 Å². The van der Waals surface area contributed by atoms with E-state index in [0.29, 0.717) is 61.7 Å². The fourth-order valence-corrected chi connectivity index (χ4v) is 2.80. The van der Waals surface area contributed by atoms with E-state index < -0.39 is 0 Å². The van der Waals surface area contributed by atoms with Crippen molar-refractivity contribution in [2.75, 3.05) is 32.9 Å². The van der Waals surface area contributed by atoms with Crippen molar-refractivity contribution in [2.24, 2.45) is 0 Å². The predicted molar refractivity (Wildman–Crippen MR) is 94.3 cm³/mol. The van der Waals surface area contributed by atoms with Crippen LogP contribution in [0.1, 0.15) is 40.6 Å². The zero-order valence-electron chi connectivity index (χ0n) is 14.4. The molecule has 6 nitrogen and oxygen atoms in total. The number of amides is 1. The number of unbranched alkanes of at least 4 members (excludes halogenated alkanes) is 1. The van der Waals surface area contributed by atoms with E-state index in [-0.39, 0.29) is 5.91 Å². The number of carbonyl (C=O) groups is 2. The van der Waals surface area contributed by atoms with E-state index >= 15 is 0 Å². The van der Waals surface area contributed by atoms with Crippen LogP contribution in [-0.4, -0.2) is 55.0 Å². The van der Waals surface area contributed by atoms with Crippen molar-refractivity contribution in [3.8, 4) is 5.75 Å². The van der Waals surface area contributed by atoms with E-state index in [1.54, 1.807) is 29.2 Å². The van der Waals surface area contributed by atoms with E-state index in [9.17, 15) is 9.59 Å². The number of hydrogen-bond donors (Lipinski definition) is 0. The van der Waals surface area contributed by atoms with Gasteiger partial charge in [-0.15, -0.1) is 0 Å². The minimum Gasteiger partial charge on any atom is -0.493 e. The minimum atomic E-state index is -0.0239. The van der Waals surface area contributed by atoms with Gasteiger partial charge in [0.05, 0.1) is 25.3 Å². The summed E-state index contributed by atoms with van der Waals surface area (Å²) in [6.07, 6.45) is 2.65.